The SMILES string of the molecule is CC1(C)[C@H](NC(=O)c2ccc(N3CCN(CCCCCOc4cccc5c4CN(C4CCC(=O)NC4=O)C5=O)CC3)nc2)C(C)(C)[C@H]1Oc1ccc(C#N)c(Cl)c1. The van der Waals surface area contributed by atoms with Gasteiger partial charge in [0.05, 0.1) is 29.3 Å². The number of unbranched alkanes of at least 4 members (excludes halogenated alkanes) is 2. The smallest absolute Gasteiger partial charge is 0.255 e. The molecule has 0 bridgehead atoms. The molecule has 300 valence electrons. The Morgan fingerprint density at radius 3 is 2.47 bits per heavy atom. The van der Waals surface area contributed by atoms with E-state index in [0.717, 1.165) is 63.4 Å². The Hall–Kier alpha value is -5.19. The number of hydrogen-bond acceptors (Lipinski definition) is 10. The lowest BCUT2D eigenvalue weighted by Gasteiger charge is -2.63. The third-order valence-corrected chi connectivity index (χ3v) is 12.4. The van der Waals surface area contributed by atoms with Crippen LogP contribution in [0.5, 0.6) is 11.5 Å². The van der Waals surface area contributed by atoms with Crippen LogP contribution in [0.15, 0.2) is 54.7 Å². The number of nitrogens with one attached hydrogen (secondary N) is 2. The normalized spacial score (nSPS) is 22.6. The van der Waals surface area contributed by atoms with Crippen molar-refractivity contribution in [1.29, 1.82) is 5.26 Å². The minimum absolute atomic E-state index is 0.145. The average Bonchev–Trinajstić information content (AvgIpc) is 3.53. The highest BCUT2D eigenvalue weighted by Crippen LogP contribution is 2.55. The first kappa shape index (κ1) is 40.0. The first-order valence-electron chi connectivity index (χ1n) is 19.8. The molecule has 1 atom stereocenters. The molecule has 13 nitrogen and oxygen atoms in total. The van der Waals surface area contributed by atoms with E-state index >= 15 is 0 Å². The second kappa shape index (κ2) is 16.3. The largest absolute Gasteiger partial charge is 0.493 e. The van der Waals surface area contributed by atoms with Gasteiger partial charge in [-0.05, 0) is 68.6 Å². The molecule has 57 heavy (non-hydrogen) atoms. The van der Waals surface area contributed by atoms with E-state index in [9.17, 15) is 24.4 Å². The lowest BCUT2D eigenvalue weighted by atomic mass is 9.49. The molecule has 4 heterocycles. The molecule has 7 rings (SSSR count). The van der Waals surface area contributed by atoms with E-state index in [1.165, 1.54) is 0 Å². The molecule has 0 radical (unpaired) electrons. The summed E-state index contributed by atoms with van der Waals surface area (Å²) in [5.41, 5.74) is 1.53. The number of carbonyl (C=O) groups is 4. The van der Waals surface area contributed by atoms with E-state index in [-0.39, 0.29) is 47.1 Å². The number of imide groups is 1. The maximum absolute atomic E-state index is 13.4. The molecule has 3 aromatic rings. The Balaban J connectivity index is 0.812. The van der Waals surface area contributed by atoms with Crippen LogP contribution < -0.4 is 25.0 Å². The summed E-state index contributed by atoms with van der Waals surface area (Å²) in [5.74, 6) is 1.03. The quantitative estimate of drug-likeness (QED) is 0.171. The van der Waals surface area contributed by atoms with Crippen LogP contribution in [0.2, 0.25) is 5.02 Å². The van der Waals surface area contributed by atoms with Crippen LogP contribution >= 0.6 is 11.6 Å². The van der Waals surface area contributed by atoms with Crippen molar-refractivity contribution in [2.75, 3.05) is 44.2 Å². The van der Waals surface area contributed by atoms with Gasteiger partial charge in [0.15, 0.2) is 0 Å². The number of piperidine rings is 1. The highest BCUT2D eigenvalue weighted by Gasteiger charge is 2.64. The fourth-order valence-electron chi connectivity index (χ4n) is 9.21. The van der Waals surface area contributed by atoms with E-state index in [0.29, 0.717) is 52.8 Å². The van der Waals surface area contributed by atoms with Crippen molar-refractivity contribution in [3.05, 3.63) is 82.0 Å². The molecule has 1 aromatic heterocycles. The summed E-state index contributed by atoms with van der Waals surface area (Å²) < 4.78 is 12.5. The van der Waals surface area contributed by atoms with E-state index in [1.807, 2.05) is 24.3 Å². The van der Waals surface area contributed by atoms with Crippen LogP contribution in [0.25, 0.3) is 0 Å². The standard InChI is InChI=1S/C43H50ClN7O6/c1-42(2)40(43(3,4)41(42)57-29-13-11-27(24-45)32(44)23-29)48-37(53)28-12-15-35(46-25-28)50-20-18-49(19-21-50)17-6-5-7-22-56-34-10-8-9-30-31(34)26-51(39(30)55)33-14-16-36(52)47-38(33)54/h8-13,15,23,25,33,40-41H,5-7,14,16-22,26H2,1-4H3,(H,48,53)(H,47,52,54)/t33?,40-,41-. The number of rotatable bonds is 13. The molecule has 1 saturated carbocycles. The number of anilines is 1. The molecule has 3 aliphatic heterocycles. The van der Waals surface area contributed by atoms with Crippen LogP contribution in [0.3, 0.4) is 0 Å². The van der Waals surface area contributed by atoms with E-state index in [1.54, 1.807) is 35.4 Å². The highest BCUT2D eigenvalue weighted by atomic mass is 35.5. The molecular formula is C43H50ClN7O6. The van der Waals surface area contributed by atoms with Gasteiger partial charge in [-0.15, -0.1) is 0 Å². The third kappa shape index (κ3) is 8.16. The van der Waals surface area contributed by atoms with E-state index < -0.39 is 11.9 Å². The fraction of sp³-hybridized carbons (Fsp3) is 0.488. The molecule has 1 aliphatic carbocycles. The molecule has 1 unspecified atom stereocenters. The predicted octanol–water partition coefficient (Wildman–Crippen LogP) is 5.35. The van der Waals surface area contributed by atoms with Gasteiger partial charge in [0.25, 0.3) is 11.8 Å². The number of carbonyl (C=O) groups excluding carboxylic acids is 4. The molecule has 0 spiro atoms. The van der Waals surface area contributed by atoms with Crippen molar-refractivity contribution < 1.29 is 28.7 Å². The van der Waals surface area contributed by atoms with Gasteiger partial charge in [0, 0.05) is 72.9 Å². The monoisotopic (exact) mass is 795 g/mol. The summed E-state index contributed by atoms with van der Waals surface area (Å²) in [7, 11) is 0. The van der Waals surface area contributed by atoms with Gasteiger partial charge in [-0.25, -0.2) is 4.98 Å². The lowest BCUT2D eigenvalue weighted by Crippen LogP contribution is -2.74. The number of amides is 4. The molecule has 4 aliphatic rings. The van der Waals surface area contributed by atoms with Gasteiger partial charge >= 0.3 is 0 Å². The number of aromatic nitrogens is 1. The molecule has 2 saturated heterocycles. The summed E-state index contributed by atoms with van der Waals surface area (Å²) in [6.45, 7) is 13.7. The average molecular weight is 796 g/mol. The van der Waals surface area contributed by atoms with Crippen molar-refractivity contribution in [1.82, 2.24) is 25.4 Å². The minimum atomic E-state index is -0.647. The predicted molar refractivity (Wildman–Crippen MR) is 214 cm³/mol. The van der Waals surface area contributed by atoms with Gasteiger partial charge in [-0.3, -0.25) is 29.4 Å². The van der Waals surface area contributed by atoms with Gasteiger partial charge in [0.2, 0.25) is 11.8 Å². The van der Waals surface area contributed by atoms with Crippen LogP contribution in [0.1, 0.15) is 91.6 Å². The molecule has 2 N–H and O–H groups in total. The van der Waals surface area contributed by atoms with E-state index in [4.69, 9.17) is 21.1 Å². The van der Waals surface area contributed by atoms with Gasteiger partial charge in [-0.1, -0.05) is 45.4 Å². The fourth-order valence-corrected chi connectivity index (χ4v) is 9.42. The number of ether oxygens (including phenoxy) is 2. The van der Waals surface area contributed by atoms with Crippen molar-refractivity contribution in [2.24, 2.45) is 10.8 Å². The molecular weight excluding hydrogens is 746 g/mol. The zero-order valence-corrected chi connectivity index (χ0v) is 33.7. The number of halogens is 1. The number of hydrogen-bond donors (Lipinski definition) is 2. The first-order valence-corrected chi connectivity index (χ1v) is 20.2. The summed E-state index contributed by atoms with van der Waals surface area (Å²) in [4.78, 5) is 61.4. The molecule has 14 heteroatoms. The number of nitriles is 1. The van der Waals surface area contributed by atoms with Crippen molar-refractivity contribution in [3.8, 4) is 17.6 Å². The number of piperazine rings is 1. The van der Waals surface area contributed by atoms with Crippen molar-refractivity contribution in [2.45, 2.75) is 84.5 Å². The Labute approximate surface area is 338 Å². The zero-order valence-electron chi connectivity index (χ0n) is 33.0. The van der Waals surface area contributed by atoms with E-state index in [2.05, 4.69) is 59.2 Å². The Morgan fingerprint density at radius 1 is 1.02 bits per heavy atom. The van der Waals surface area contributed by atoms with Crippen LogP contribution in [0, 0.1) is 22.2 Å². The first-order chi connectivity index (χ1) is 27.3. The number of pyridine rings is 1. The lowest BCUT2D eigenvalue weighted by molar-refractivity contribution is -0.164. The van der Waals surface area contributed by atoms with Crippen LogP contribution in [-0.4, -0.2) is 95.9 Å². The summed E-state index contributed by atoms with van der Waals surface area (Å²) in [6.07, 6.45) is 4.96. The Morgan fingerprint density at radius 2 is 1.79 bits per heavy atom. The summed E-state index contributed by atoms with van der Waals surface area (Å²) in [6, 6.07) is 15.6. The van der Waals surface area contributed by atoms with Crippen molar-refractivity contribution in [3.63, 3.8) is 0 Å². The minimum Gasteiger partial charge on any atom is -0.493 e. The highest BCUT2D eigenvalue weighted by molar-refractivity contribution is 6.31. The summed E-state index contributed by atoms with van der Waals surface area (Å²) >= 11 is 6.24. The van der Waals surface area contributed by atoms with Gasteiger partial charge in [-0.2, -0.15) is 5.26 Å². The maximum atomic E-state index is 13.4. The summed E-state index contributed by atoms with van der Waals surface area (Å²) in [5, 5.41) is 15.1. The number of fused-ring (bicyclic) bond motifs is 1. The topological polar surface area (TPSA) is 157 Å². The maximum Gasteiger partial charge on any atom is 0.255 e. The molecule has 4 amide bonds. The van der Waals surface area contributed by atoms with Crippen LogP contribution in [-0.2, 0) is 16.1 Å². The van der Waals surface area contributed by atoms with Crippen LogP contribution in [0.4, 0.5) is 5.82 Å². The number of benzene rings is 2. The Bertz CT molecular complexity index is 2060. The molecule has 2 aromatic carbocycles. The number of nitrogens with zero attached hydrogens (tertiary/aromatic N) is 5. The Kier molecular flexibility index (Phi) is 11.5. The third-order valence-electron chi connectivity index (χ3n) is 12.1. The van der Waals surface area contributed by atoms with Crippen molar-refractivity contribution >= 4 is 41.0 Å². The zero-order chi connectivity index (χ0) is 40.5. The molecule has 3 fully saturated rings. The second-order valence-corrected chi connectivity index (χ2v) is 17.0. The second-order valence-electron chi connectivity index (χ2n) is 16.6. The van der Waals surface area contributed by atoms with Gasteiger partial charge < -0.3 is 24.6 Å². The van der Waals surface area contributed by atoms with Gasteiger partial charge in [0.1, 0.15) is 35.5 Å².